The van der Waals surface area contributed by atoms with Gasteiger partial charge < -0.3 is 10.6 Å². The lowest BCUT2D eigenvalue weighted by Gasteiger charge is -2.31. The van der Waals surface area contributed by atoms with Crippen LogP contribution in [-0.2, 0) is 11.2 Å². The summed E-state index contributed by atoms with van der Waals surface area (Å²) in [5, 5.41) is 15.8. The van der Waals surface area contributed by atoms with Gasteiger partial charge in [0.05, 0.1) is 0 Å². The lowest BCUT2D eigenvalue weighted by Crippen LogP contribution is -2.48. The molecule has 2 rings (SSSR count). The van der Waals surface area contributed by atoms with Crippen molar-refractivity contribution in [1.29, 1.82) is 0 Å². The van der Waals surface area contributed by atoms with Crippen molar-refractivity contribution in [2.45, 2.75) is 27.2 Å². The van der Waals surface area contributed by atoms with Gasteiger partial charge in [-0.1, -0.05) is 32.1 Å². The third-order valence-corrected chi connectivity index (χ3v) is 4.07. The zero-order valence-electron chi connectivity index (χ0n) is 11.1. The number of hydrogen-bond donors (Lipinski definition) is 2. The zero-order valence-corrected chi connectivity index (χ0v) is 11.9. The van der Waals surface area contributed by atoms with E-state index in [2.05, 4.69) is 34.7 Å². The molecule has 0 radical (unpaired) electrons. The Morgan fingerprint density at radius 3 is 2.72 bits per heavy atom. The predicted molar refractivity (Wildman–Crippen MR) is 72.6 cm³/mol. The molecule has 1 amide bonds. The molecule has 2 N–H and O–H groups in total. The first kappa shape index (κ1) is 13.4. The number of carbonyl (C=O) groups excluding carboxylic acids is 1. The Kier molecular flexibility index (Phi) is 4.29. The van der Waals surface area contributed by atoms with Crippen LogP contribution in [0.5, 0.6) is 0 Å². The molecule has 1 aliphatic rings. The van der Waals surface area contributed by atoms with Crippen LogP contribution in [0.3, 0.4) is 0 Å². The Morgan fingerprint density at radius 1 is 1.44 bits per heavy atom. The normalized spacial score (nSPS) is 17.6. The van der Waals surface area contributed by atoms with Gasteiger partial charge in [-0.05, 0) is 24.9 Å². The lowest BCUT2D eigenvalue weighted by molar-refractivity contribution is -0.121. The topological polar surface area (TPSA) is 66.9 Å². The van der Waals surface area contributed by atoms with Crippen LogP contribution in [0, 0.1) is 17.8 Å². The Bertz CT molecular complexity index is 414. The van der Waals surface area contributed by atoms with Gasteiger partial charge in [-0.3, -0.25) is 4.79 Å². The van der Waals surface area contributed by atoms with Gasteiger partial charge in [0.2, 0.25) is 11.0 Å². The van der Waals surface area contributed by atoms with Crippen molar-refractivity contribution in [1.82, 2.24) is 15.5 Å². The highest BCUT2D eigenvalue weighted by Gasteiger charge is 2.29. The maximum Gasteiger partial charge on any atom is 0.229 e. The molecule has 1 atom stereocenters. The second kappa shape index (κ2) is 5.75. The van der Waals surface area contributed by atoms with Gasteiger partial charge in [0.25, 0.3) is 0 Å². The van der Waals surface area contributed by atoms with E-state index < -0.39 is 0 Å². The number of rotatable bonds is 5. The van der Waals surface area contributed by atoms with Gasteiger partial charge >= 0.3 is 0 Å². The molecule has 0 spiro atoms. The summed E-state index contributed by atoms with van der Waals surface area (Å²) < 4.78 is 0. The van der Waals surface area contributed by atoms with E-state index in [-0.39, 0.29) is 11.8 Å². The summed E-state index contributed by atoms with van der Waals surface area (Å²) in [4.78, 5) is 12.0. The summed E-state index contributed by atoms with van der Waals surface area (Å²) in [7, 11) is 0. The van der Waals surface area contributed by atoms with E-state index in [0.717, 1.165) is 24.5 Å². The zero-order chi connectivity index (χ0) is 13.1. The SMILES string of the molecule is CC(C)Cc1nnc(NC(=O)C(C)C2CNC2)s1. The van der Waals surface area contributed by atoms with Crippen LogP contribution in [-0.4, -0.2) is 29.2 Å². The van der Waals surface area contributed by atoms with Gasteiger partial charge in [0.15, 0.2) is 0 Å². The van der Waals surface area contributed by atoms with Crippen LogP contribution in [0.1, 0.15) is 25.8 Å². The highest BCUT2D eigenvalue weighted by Crippen LogP contribution is 2.21. The molecule has 0 aliphatic carbocycles. The number of nitrogens with one attached hydrogen (secondary N) is 2. The van der Waals surface area contributed by atoms with Crippen molar-refractivity contribution in [2.75, 3.05) is 18.4 Å². The fraction of sp³-hybridized carbons (Fsp3) is 0.750. The van der Waals surface area contributed by atoms with Crippen LogP contribution >= 0.6 is 11.3 Å². The minimum atomic E-state index is 0.0312. The largest absolute Gasteiger partial charge is 0.316 e. The molecule has 1 aliphatic heterocycles. The molecular weight excluding hydrogens is 248 g/mol. The molecular formula is C12H20N4OS. The van der Waals surface area contributed by atoms with E-state index in [9.17, 15) is 4.79 Å². The second-order valence-corrected chi connectivity index (χ2v) is 6.36. The minimum absolute atomic E-state index is 0.0312. The van der Waals surface area contributed by atoms with Crippen LogP contribution in [0.4, 0.5) is 5.13 Å². The average Bonchev–Trinajstić information content (AvgIpc) is 2.61. The fourth-order valence-corrected chi connectivity index (χ4v) is 2.79. The van der Waals surface area contributed by atoms with E-state index >= 15 is 0 Å². The first-order chi connectivity index (χ1) is 8.56. The Hall–Kier alpha value is -1.01. The maximum atomic E-state index is 12.0. The van der Waals surface area contributed by atoms with Crippen LogP contribution in [0.25, 0.3) is 0 Å². The molecule has 1 unspecified atom stereocenters. The predicted octanol–water partition coefficient (Wildman–Crippen LogP) is 1.53. The number of amides is 1. The molecule has 5 nitrogen and oxygen atoms in total. The van der Waals surface area contributed by atoms with Crippen molar-refractivity contribution in [3.63, 3.8) is 0 Å². The molecule has 2 heterocycles. The smallest absolute Gasteiger partial charge is 0.229 e. The summed E-state index contributed by atoms with van der Waals surface area (Å²) >= 11 is 1.47. The van der Waals surface area contributed by atoms with Crippen molar-refractivity contribution in [3.8, 4) is 0 Å². The first-order valence-electron chi connectivity index (χ1n) is 6.40. The molecule has 1 saturated heterocycles. The quantitative estimate of drug-likeness (QED) is 0.850. The molecule has 0 aromatic carbocycles. The van der Waals surface area contributed by atoms with Gasteiger partial charge in [0.1, 0.15) is 5.01 Å². The molecule has 18 heavy (non-hydrogen) atoms. The van der Waals surface area contributed by atoms with Crippen molar-refractivity contribution in [2.24, 2.45) is 17.8 Å². The fourth-order valence-electron chi connectivity index (χ4n) is 1.83. The summed E-state index contributed by atoms with van der Waals surface area (Å²) in [5.41, 5.74) is 0. The number of anilines is 1. The van der Waals surface area contributed by atoms with E-state index in [1.165, 1.54) is 11.3 Å². The summed E-state index contributed by atoms with van der Waals surface area (Å²) in [6.07, 6.45) is 0.912. The highest BCUT2D eigenvalue weighted by molar-refractivity contribution is 7.15. The molecule has 1 aromatic heterocycles. The van der Waals surface area contributed by atoms with Crippen LogP contribution in [0.2, 0.25) is 0 Å². The minimum Gasteiger partial charge on any atom is -0.316 e. The summed E-state index contributed by atoms with van der Waals surface area (Å²) in [5.74, 6) is 1.09. The maximum absolute atomic E-state index is 12.0. The van der Waals surface area contributed by atoms with Gasteiger partial charge in [-0.15, -0.1) is 10.2 Å². The van der Waals surface area contributed by atoms with Crippen molar-refractivity contribution < 1.29 is 4.79 Å². The van der Waals surface area contributed by atoms with E-state index in [1.807, 2.05) is 6.92 Å². The van der Waals surface area contributed by atoms with E-state index in [1.54, 1.807) is 0 Å². The van der Waals surface area contributed by atoms with Crippen LogP contribution in [0.15, 0.2) is 0 Å². The highest BCUT2D eigenvalue weighted by atomic mass is 32.1. The summed E-state index contributed by atoms with van der Waals surface area (Å²) in [6.45, 7) is 8.13. The Morgan fingerprint density at radius 2 is 2.17 bits per heavy atom. The van der Waals surface area contributed by atoms with E-state index in [0.29, 0.717) is 17.0 Å². The molecule has 1 aromatic rings. The average molecular weight is 268 g/mol. The van der Waals surface area contributed by atoms with E-state index in [4.69, 9.17) is 0 Å². The molecule has 100 valence electrons. The number of hydrogen-bond acceptors (Lipinski definition) is 5. The third-order valence-electron chi connectivity index (χ3n) is 3.21. The molecule has 6 heteroatoms. The van der Waals surface area contributed by atoms with Crippen molar-refractivity contribution in [3.05, 3.63) is 5.01 Å². The van der Waals surface area contributed by atoms with Crippen LogP contribution < -0.4 is 10.6 Å². The van der Waals surface area contributed by atoms with Crippen molar-refractivity contribution >= 4 is 22.4 Å². The molecule has 0 bridgehead atoms. The third kappa shape index (κ3) is 3.26. The number of carbonyl (C=O) groups is 1. The van der Waals surface area contributed by atoms with Gasteiger partial charge in [-0.2, -0.15) is 0 Å². The number of nitrogens with zero attached hydrogens (tertiary/aromatic N) is 2. The standard InChI is InChI=1S/C12H20N4OS/c1-7(2)4-10-15-16-12(18-10)14-11(17)8(3)9-5-13-6-9/h7-9,13H,4-6H2,1-3H3,(H,14,16,17). The molecule has 0 saturated carbocycles. The monoisotopic (exact) mass is 268 g/mol. The number of aromatic nitrogens is 2. The lowest BCUT2D eigenvalue weighted by atomic mass is 9.88. The van der Waals surface area contributed by atoms with Gasteiger partial charge in [0, 0.05) is 12.3 Å². The molecule has 1 fully saturated rings. The second-order valence-electron chi connectivity index (χ2n) is 5.30. The Balaban J connectivity index is 1.88. The summed E-state index contributed by atoms with van der Waals surface area (Å²) in [6, 6.07) is 0. The first-order valence-corrected chi connectivity index (χ1v) is 7.22. The Labute approximate surface area is 111 Å². The van der Waals surface area contributed by atoms with Gasteiger partial charge in [-0.25, -0.2) is 0 Å².